The second-order valence-corrected chi connectivity index (χ2v) is 5.78. The average molecular weight is 280 g/mol. The van der Waals surface area contributed by atoms with Crippen molar-refractivity contribution in [1.29, 1.82) is 0 Å². The summed E-state index contributed by atoms with van der Waals surface area (Å²) >= 11 is 6.33. The van der Waals surface area contributed by atoms with Crippen LogP contribution in [0.15, 0.2) is 11.1 Å². The molecule has 1 fully saturated rings. The van der Waals surface area contributed by atoms with Crippen LogP contribution in [0.5, 0.6) is 5.75 Å². The summed E-state index contributed by atoms with van der Waals surface area (Å²) in [7, 11) is 1.65. The summed E-state index contributed by atoms with van der Waals surface area (Å²) in [5, 5.41) is 0.701. The Morgan fingerprint density at radius 3 is 2.53 bits per heavy atom. The van der Waals surface area contributed by atoms with E-state index < -0.39 is 5.54 Å². The largest absolute Gasteiger partial charge is 0.496 e. The fourth-order valence-electron chi connectivity index (χ4n) is 2.58. The zero-order chi connectivity index (χ0) is 14.2. The average Bonchev–Trinajstić information content (AvgIpc) is 3.12. The van der Waals surface area contributed by atoms with Crippen molar-refractivity contribution in [2.75, 3.05) is 7.11 Å². The van der Waals surface area contributed by atoms with E-state index in [2.05, 4.69) is 18.8 Å². The van der Waals surface area contributed by atoms with Crippen molar-refractivity contribution in [3.05, 3.63) is 27.8 Å². The number of ether oxygens (including phenoxy) is 1. The summed E-state index contributed by atoms with van der Waals surface area (Å²) in [5.41, 5.74) is 2.49. The number of halogens is 1. The molecule has 1 aromatic rings. The number of methoxy groups -OCH3 is 1. The zero-order valence-corrected chi connectivity index (χ0v) is 12.5. The monoisotopic (exact) mass is 279 g/mol. The molecule has 0 bridgehead atoms. The first-order valence-corrected chi connectivity index (χ1v) is 6.81. The summed E-state index contributed by atoms with van der Waals surface area (Å²) in [6.07, 6.45) is 3.38. The van der Waals surface area contributed by atoms with Gasteiger partial charge in [0.25, 0.3) is 0 Å². The predicted octanol–water partition coefficient (Wildman–Crippen LogP) is 4.11. The number of rotatable bonds is 4. The molecule has 3 nitrogen and oxygen atoms in total. The van der Waals surface area contributed by atoms with Crippen LogP contribution in [-0.2, 0) is 10.3 Å². The lowest BCUT2D eigenvalue weighted by molar-refractivity contribution is 0.396. The molecule has 0 aromatic heterocycles. The molecular formula is C15H18ClNO2. The summed E-state index contributed by atoms with van der Waals surface area (Å²) in [5.74, 6) is 1.11. The van der Waals surface area contributed by atoms with Gasteiger partial charge in [-0.15, -0.1) is 0 Å². The normalized spacial score (nSPS) is 16.1. The molecule has 0 N–H and O–H groups in total. The topological polar surface area (TPSA) is 38.7 Å². The lowest BCUT2D eigenvalue weighted by Crippen LogP contribution is -2.11. The Hall–Kier alpha value is -1.31. The van der Waals surface area contributed by atoms with Crippen molar-refractivity contribution in [1.82, 2.24) is 0 Å². The number of hydrogen-bond acceptors (Lipinski definition) is 3. The van der Waals surface area contributed by atoms with Gasteiger partial charge in [0.15, 0.2) is 0 Å². The minimum Gasteiger partial charge on any atom is -0.496 e. The van der Waals surface area contributed by atoms with E-state index in [-0.39, 0.29) is 0 Å². The molecule has 0 heterocycles. The van der Waals surface area contributed by atoms with Crippen LogP contribution in [0, 0.1) is 6.92 Å². The molecule has 19 heavy (non-hydrogen) atoms. The molecule has 0 amide bonds. The minimum atomic E-state index is -0.467. The van der Waals surface area contributed by atoms with Crippen LogP contribution in [-0.4, -0.2) is 13.2 Å². The molecule has 102 valence electrons. The van der Waals surface area contributed by atoms with E-state index in [1.165, 1.54) is 0 Å². The number of hydrogen-bond donors (Lipinski definition) is 0. The van der Waals surface area contributed by atoms with Crippen molar-refractivity contribution in [2.24, 2.45) is 4.99 Å². The highest BCUT2D eigenvalue weighted by molar-refractivity contribution is 6.31. The van der Waals surface area contributed by atoms with Crippen LogP contribution >= 0.6 is 11.6 Å². The van der Waals surface area contributed by atoms with Crippen molar-refractivity contribution >= 4 is 17.7 Å². The second-order valence-electron chi connectivity index (χ2n) is 5.37. The molecule has 2 rings (SSSR count). The smallest absolute Gasteiger partial charge is 0.235 e. The predicted molar refractivity (Wildman–Crippen MR) is 75.9 cm³/mol. The first-order valence-electron chi connectivity index (χ1n) is 6.43. The SMILES string of the molecule is COc1c(C(C)C)cc(Cl)c(C)c1C1(N=C=O)CC1. The fraction of sp³-hybridized carbons (Fsp3) is 0.533. The zero-order valence-electron chi connectivity index (χ0n) is 11.7. The Bertz CT molecular complexity index is 556. The Balaban J connectivity index is 2.74. The van der Waals surface area contributed by atoms with Crippen LogP contribution < -0.4 is 4.74 Å². The standard InChI is InChI=1S/C15H18ClNO2/c1-9(2)11-7-12(16)10(3)13(14(11)19-4)15(5-6-15)17-8-18/h7,9H,5-6H2,1-4H3. The van der Waals surface area contributed by atoms with Crippen molar-refractivity contribution in [2.45, 2.75) is 45.1 Å². The fourth-order valence-corrected chi connectivity index (χ4v) is 2.79. The Morgan fingerprint density at radius 2 is 2.11 bits per heavy atom. The van der Waals surface area contributed by atoms with Gasteiger partial charge in [-0.25, -0.2) is 4.79 Å². The maximum absolute atomic E-state index is 10.7. The van der Waals surface area contributed by atoms with Gasteiger partial charge in [0.2, 0.25) is 6.08 Å². The maximum atomic E-state index is 10.7. The van der Waals surface area contributed by atoms with Crippen molar-refractivity contribution < 1.29 is 9.53 Å². The first-order chi connectivity index (χ1) is 8.96. The van der Waals surface area contributed by atoms with E-state index >= 15 is 0 Å². The third kappa shape index (κ3) is 2.29. The van der Waals surface area contributed by atoms with Gasteiger partial charge >= 0.3 is 0 Å². The lowest BCUT2D eigenvalue weighted by Gasteiger charge is -2.22. The molecule has 1 aliphatic carbocycles. The van der Waals surface area contributed by atoms with Gasteiger partial charge in [-0.05, 0) is 42.9 Å². The molecule has 0 radical (unpaired) electrons. The minimum absolute atomic E-state index is 0.294. The molecule has 0 spiro atoms. The third-order valence-corrected chi connectivity index (χ3v) is 4.17. The van der Waals surface area contributed by atoms with Crippen LogP contribution in [0.1, 0.15) is 49.3 Å². The van der Waals surface area contributed by atoms with Gasteiger partial charge in [-0.3, -0.25) is 0 Å². The Labute approximate surface area is 118 Å². The van der Waals surface area contributed by atoms with Crippen molar-refractivity contribution in [3.63, 3.8) is 0 Å². The van der Waals surface area contributed by atoms with Crippen LogP contribution in [0.4, 0.5) is 0 Å². The molecule has 4 heteroatoms. The molecule has 0 aliphatic heterocycles. The maximum Gasteiger partial charge on any atom is 0.235 e. The van der Waals surface area contributed by atoms with E-state index in [9.17, 15) is 4.79 Å². The molecule has 1 aromatic carbocycles. The van der Waals surface area contributed by atoms with E-state index in [1.807, 2.05) is 13.0 Å². The molecule has 0 saturated heterocycles. The van der Waals surface area contributed by atoms with Gasteiger partial charge in [0.1, 0.15) is 11.3 Å². The molecule has 0 unspecified atom stereocenters. The summed E-state index contributed by atoms with van der Waals surface area (Å²) < 4.78 is 5.60. The summed E-state index contributed by atoms with van der Waals surface area (Å²) in [4.78, 5) is 14.7. The van der Waals surface area contributed by atoms with E-state index in [4.69, 9.17) is 16.3 Å². The number of nitrogens with zero attached hydrogens (tertiary/aromatic N) is 1. The van der Waals surface area contributed by atoms with Crippen molar-refractivity contribution in [3.8, 4) is 5.75 Å². The highest BCUT2D eigenvalue weighted by Gasteiger charge is 2.48. The summed E-state index contributed by atoms with van der Waals surface area (Å²) in [6.45, 7) is 6.14. The third-order valence-electron chi connectivity index (χ3n) is 3.78. The van der Waals surface area contributed by atoms with Crippen LogP contribution in [0.3, 0.4) is 0 Å². The van der Waals surface area contributed by atoms with E-state index in [0.29, 0.717) is 10.9 Å². The Morgan fingerprint density at radius 1 is 1.47 bits per heavy atom. The van der Waals surface area contributed by atoms with Gasteiger partial charge in [-0.2, -0.15) is 4.99 Å². The lowest BCUT2D eigenvalue weighted by atomic mass is 9.91. The second kappa shape index (κ2) is 4.99. The highest BCUT2D eigenvalue weighted by Crippen LogP contribution is 2.55. The molecule has 0 atom stereocenters. The van der Waals surface area contributed by atoms with Gasteiger partial charge in [0.05, 0.1) is 7.11 Å². The molecule has 1 aliphatic rings. The van der Waals surface area contributed by atoms with Crippen LogP contribution in [0.2, 0.25) is 5.02 Å². The number of carbonyl (C=O) groups excluding carboxylic acids is 1. The van der Waals surface area contributed by atoms with Crippen LogP contribution in [0.25, 0.3) is 0 Å². The summed E-state index contributed by atoms with van der Waals surface area (Å²) in [6, 6.07) is 1.95. The van der Waals surface area contributed by atoms with E-state index in [0.717, 1.165) is 35.3 Å². The molecular weight excluding hydrogens is 262 g/mol. The Kier molecular flexibility index (Phi) is 3.71. The number of isocyanates is 1. The quantitative estimate of drug-likeness (QED) is 0.615. The molecule has 1 saturated carbocycles. The van der Waals surface area contributed by atoms with E-state index in [1.54, 1.807) is 13.2 Å². The van der Waals surface area contributed by atoms with Gasteiger partial charge < -0.3 is 4.74 Å². The first kappa shape index (κ1) is 14.1. The number of benzene rings is 1. The van der Waals surface area contributed by atoms with Gasteiger partial charge in [0, 0.05) is 10.6 Å². The number of aliphatic imine (C=N–C) groups is 1. The van der Waals surface area contributed by atoms with Gasteiger partial charge in [-0.1, -0.05) is 25.4 Å². The highest BCUT2D eigenvalue weighted by atomic mass is 35.5.